The predicted molar refractivity (Wildman–Crippen MR) is 63.9 cm³/mol. The molecule has 0 unspecified atom stereocenters. The summed E-state index contributed by atoms with van der Waals surface area (Å²) in [6.45, 7) is 0.321. The number of hydrogen-bond donors (Lipinski definition) is 3. The molecule has 18 heavy (non-hydrogen) atoms. The van der Waals surface area contributed by atoms with Gasteiger partial charge in [-0.05, 0) is 12.1 Å². The van der Waals surface area contributed by atoms with Crippen molar-refractivity contribution in [2.75, 3.05) is 11.1 Å². The number of aryl methyl sites for hydroxylation is 1. The normalized spacial score (nSPS) is 10.3. The summed E-state index contributed by atoms with van der Waals surface area (Å²) < 4.78 is 1.57. The minimum atomic E-state index is -1.10. The van der Waals surface area contributed by atoms with E-state index in [4.69, 9.17) is 10.8 Å². The number of aromatic nitrogens is 4. The number of hydrogen-bond acceptors (Lipinski definition) is 6. The van der Waals surface area contributed by atoms with Crippen LogP contribution < -0.4 is 11.1 Å². The van der Waals surface area contributed by atoms with E-state index in [0.29, 0.717) is 23.9 Å². The molecule has 0 spiro atoms. The molecular formula is C10H12N6O2. The molecule has 2 aromatic rings. The number of pyridine rings is 1. The molecule has 8 nitrogen and oxygen atoms in total. The Morgan fingerprint density at radius 3 is 2.94 bits per heavy atom. The molecule has 8 heteroatoms. The molecule has 94 valence electrons. The predicted octanol–water partition coefficient (Wildman–Crippen LogP) is 0.103. The molecule has 0 aliphatic heterocycles. The molecule has 0 amide bonds. The highest BCUT2D eigenvalue weighted by Gasteiger charge is 2.09. The fourth-order valence-corrected chi connectivity index (χ4v) is 1.36. The van der Waals surface area contributed by atoms with Crippen molar-refractivity contribution in [3.8, 4) is 0 Å². The lowest BCUT2D eigenvalue weighted by molar-refractivity contribution is 0.0690. The molecule has 0 saturated heterocycles. The zero-order valence-corrected chi connectivity index (χ0v) is 9.66. The zero-order chi connectivity index (χ0) is 13.1. The van der Waals surface area contributed by atoms with Gasteiger partial charge in [0.2, 0.25) is 0 Å². The molecule has 0 aliphatic carbocycles. The highest BCUT2D eigenvalue weighted by molar-refractivity contribution is 5.86. The van der Waals surface area contributed by atoms with Crippen molar-refractivity contribution in [2.45, 2.75) is 6.54 Å². The van der Waals surface area contributed by atoms with Gasteiger partial charge in [-0.1, -0.05) is 0 Å². The van der Waals surface area contributed by atoms with Gasteiger partial charge < -0.3 is 16.2 Å². The maximum Gasteiger partial charge on any atom is 0.354 e. The van der Waals surface area contributed by atoms with Crippen LogP contribution in [0.3, 0.4) is 0 Å². The third-order valence-corrected chi connectivity index (χ3v) is 2.21. The molecule has 0 fully saturated rings. The minimum Gasteiger partial charge on any atom is -0.477 e. The van der Waals surface area contributed by atoms with Crippen LogP contribution in [-0.4, -0.2) is 30.8 Å². The molecule has 0 bridgehead atoms. The Bertz CT molecular complexity index is 579. The molecule has 2 aromatic heterocycles. The Morgan fingerprint density at radius 1 is 1.56 bits per heavy atom. The number of carboxylic acid groups (broad SMARTS) is 1. The van der Waals surface area contributed by atoms with Crippen molar-refractivity contribution >= 4 is 17.5 Å². The number of anilines is 2. The summed E-state index contributed by atoms with van der Waals surface area (Å²) in [6, 6.07) is 2.84. The largest absolute Gasteiger partial charge is 0.477 e. The van der Waals surface area contributed by atoms with Gasteiger partial charge in [0, 0.05) is 7.05 Å². The monoisotopic (exact) mass is 248 g/mol. The summed E-state index contributed by atoms with van der Waals surface area (Å²) in [4.78, 5) is 18.7. The van der Waals surface area contributed by atoms with Crippen LogP contribution in [0.5, 0.6) is 0 Å². The Balaban J connectivity index is 2.13. The van der Waals surface area contributed by atoms with Crippen molar-refractivity contribution in [1.82, 2.24) is 19.7 Å². The first-order valence-corrected chi connectivity index (χ1v) is 5.14. The van der Waals surface area contributed by atoms with Crippen molar-refractivity contribution in [1.29, 1.82) is 0 Å². The molecule has 2 heterocycles. The second-order valence-corrected chi connectivity index (χ2v) is 3.63. The highest BCUT2D eigenvalue weighted by Crippen LogP contribution is 2.16. The van der Waals surface area contributed by atoms with E-state index in [1.165, 1.54) is 12.1 Å². The van der Waals surface area contributed by atoms with Gasteiger partial charge in [0.15, 0.2) is 17.3 Å². The van der Waals surface area contributed by atoms with Crippen LogP contribution in [0.4, 0.5) is 11.5 Å². The number of aromatic carboxylic acids is 1. The minimum absolute atomic E-state index is 0.0688. The maximum absolute atomic E-state index is 10.8. The first kappa shape index (κ1) is 11.8. The van der Waals surface area contributed by atoms with Crippen LogP contribution in [0, 0.1) is 0 Å². The van der Waals surface area contributed by atoms with Gasteiger partial charge in [0.1, 0.15) is 6.33 Å². The number of nitrogens with two attached hydrogens (primary N) is 1. The zero-order valence-electron chi connectivity index (χ0n) is 9.66. The standard InChI is InChI=1S/C10H12N6O2/c1-16-5-13-8(15-16)4-12-9-6(11)2-3-7(14-9)10(17)18/h2-3,5H,4,11H2,1H3,(H,12,14)(H,17,18). The number of rotatable bonds is 4. The fourth-order valence-electron chi connectivity index (χ4n) is 1.36. The Morgan fingerprint density at radius 2 is 2.33 bits per heavy atom. The Labute approximate surface area is 102 Å². The molecule has 0 radical (unpaired) electrons. The van der Waals surface area contributed by atoms with Crippen molar-refractivity contribution in [3.63, 3.8) is 0 Å². The average molecular weight is 248 g/mol. The maximum atomic E-state index is 10.8. The van der Waals surface area contributed by atoms with Gasteiger partial charge in [-0.15, -0.1) is 0 Å². The Kier molecular flexibility index (Phi) is 3.09. The van der Waals surface area contributed by atoms with Gasteiger partial charge in [0.05, 0.1) is 12.2 Å². The molecule has 0 saturated carbocycles. The first-order valence-electron chi connectivity index (χ1n) is 5.14. The number of carboxylic acids is 1. The van der Waals surface area contributed by atoms with Gasteiger partial charge in [-0.3, -0.25) is 4.68 Å². The summed E-state index contributed by atoms with van der Waals surface area (Å²) in [6.07, 6.45) is 1.57. The van der Waals surface area contributed by atoms with Gasteiger partial charge in [-0.2, -0.15) is 5.10 Å². The fraction of sp³-hybridized carbons (Fsp3) is 0.200. The van der Waals surface area contributed by atoms with Crippen LogP contribution in [-0.2, 0) is 13.6 Å². The molecule has 4 N–H and O–H groups in total. The number of carbonyl (C=O) groups is 1. The summed E-state index contributed by atoms with van der Waals surface area (Å²) in [5, 5.41) is 15.8. The molecule has 0 atom stereocenters. The van der Waals surface area contributed by atoms with Crippen LogP contribution in [0.1, 0.15) is 16.3 Å². The van der Waals surface area contributed by atoms with E-state index in [-0.39, 0.29) is 5.69 Å². The summed E-state index contributed by atoms with van der Waals surface area (Å²) >= 11 is 0. The summed E-state index contributed by atoms with van der Waals surface area (Å²) in [5.41, 5.74) is 6.00. The van der Waals surface area contributed by atoms with E-state index in [9.17, 15) is 4.79 Å². The molecule has 0 aromatic carbocycles. The van der Waals surface area contributed by atoms with Gasteiger partial charge in [0.25, 0.3) is 0 Å². The van der Waals surface area contributed by atoms with Crippen molar-refractivity contribution < 1.29 is 9.90 Å². The van der Waals surface area contributed by atoms with Crippen LogP contribution in [0.25, 0.3) is 0 Å². The van der Waals surface area contributed by atoms with Gasteiger partial charge >= 0.3 is 5.97 Å². The SMILES string of the molecule is Cn1cnc(CNc2nc(C(=O)O)ccc2N)n1. The second-order valence-electron chi connectivity index (χ2n) is 3.63. The van der Waals surface area contributed by atoms with E-state index in [1.54, 1.807) is 18.1 Å². The molecule has 2 rings (SSSR count). The van der Waals surface area contributed by atoms with Crippen molar-refractivity contribution in [2.24, 2.45) is 7.05 Å². The third kappa shape index (κ3) is 2.54. The topological polar surface area (TPSA) is 119 Å². The quantitative estimate of drug-likeness (QED) is 0.702. The van der Waals surface area contributed by atoms with Gasteiger partial charge in [-0.25, -0.2) is 14.8 Å². The lowest BCUT2D eigenvalue weighted by Gasteiger charge is -2.07. The summed E-state index contributed by atoms with van der Waals surface area (Å²) in [7, 11) is 1.76. The smallest absolute Gasteiger partial charge is 0.354 e. The highest BCUT2D eigenvalue weighted by atomic mass is 16.4. The Hall–Kier alpha value is -2.64. The molecule has 0 aliphatic rings. The summed E-state index contributed by atoms with van der Waals surface area (Å²) in [5.74, 6) is -0.226. The van der Waals surface area contributed by atoms with E-state index in [1.807, 2.05) is 0 Å². The van der Waals surface area contributed by atoms with E-state index in [2.05, 4.69) is 20.4 Å². The van der Waals surface area contributed by atoms with E-state index >= 15 is 0 Å². The van der Waals surface area contributed by atoms with Crippen LogP contribution >= 0.6 is 0 Å². The van der Waals surface area contributed by atoms with Crippen LogP contribution in [0.2, 0.25) is 0 Å². The lowest BCUT2D eigenvalue weighted by Crippen LogP contribution is -2.09. The van der Waals surface area contributed by atoms with Crippen LogP contribution in [0.15, 0.2) is 18.5 Å². The third-order valence-electron chi connectivity index (χ3n) is 2.21. The van der Waals surface area contributed by atoms with E-state index in [0.717, 1.165) is 0 Å². The number of nitrogen functional groups attached to an aromatic ring is 1. The van der Waals surface area contributed by atoms with Crippen molar-refractivity contribution in [3.05, 3.63) is 30.0 Å². The average Bonchev–Trinajstić information content (AvgIpc) is 2.74. The second kappa shape index (κ2) is 4.70. The number of nitrogens with zero attached hydrogens (tertiary/aromatic N) is 4. The molecular weight excluding hydrogens is 236 g/mol. The lowest BCUT2D eigenvalue weighted by atomic mass is 10.3. The van der Waals surface area contributed by atoms with E-state index < -0.39 is 5.97 Å². The first-order chi connectivity index (χ1) is 8.56. The number of nitrogens with one attached hydrogen (secondary N) is 1.